The summed E-state index contributed by atoms with van der Waals surface area (Å²) in [5.74, 6) is 0.340. The Hall–Kier alpha value is -1.36. The van der Waals surface area contributed by atoms with E-state index in [0.29, 0.717) is 11.3 Å². The van der Waals surface area contributed by atoms with Gasteiger partial charge in [0.25, 0.3) is 0 Å². The molecule has 1 aromatic carbocycles. The zero-order valence-electron chi connectivity index (χ0n) is 26.9. The molecule has 4 aliphatic rings. The molecular weight excluding hydrogens is 510 g/mol. The van der Waals surface area contributed by atoms with Crippen molar-refractivity contribution < 1.29 is 8.92 Å². The van der Waals surface area contributed by atoms with Gasteiger partial charge in [0.1, 0.15) is 6.10 Å². The van der Waals surface area contributed by atoms with Gasteiger partial charge in [0.2, 0.25) is 0 Å². The highest BCUT2D eigenvalue weighted by Crippen LogP contribution is 2.63. The highest BCUT2D eigenvalue weighted by atomic mass is 32.3. The quantitative estimate of drug-likeness (QED) is 0.363. The maximum atomic E-state index is 7.37. The van der Waals surface area contributed by atoms with E-state index in [2.05, 4.69) is 92.2 Å². The van der Waals surface area contributed by atoms with Crippen LogP contribution in [0.5, 0.6) is 0 Å². The molecule has 2 unspecified atom stereocenters. The number of aromatic nitrogens is 1. The van der Waals surface area contributed by atoms with Crippen molar-refractivity contribution in [3.8, 4) is 0 Å². The van der Waals surface area contributed by atoms with Gasteiger partial charge in [-0.15, -0.1) is 10.3 Å². The first-order chi connectivity index (χ1) is 18.6. The predicted molar refractivity (Wildman–Crippen MR) is 170 cm³/mol. The third-order valence-corrected chi connectivity index (χ3v) is 14.5. The summed E-state index contributed by atoms with van der Waals surface area (Å²) < 4.78 is 14.8. The molecule has 2 saturated carbocycles. The largest absolute Gasteiger partial charge is 0.358 e. The average Bonchev–Trinajstić information content (AvgIpc) is 3.29. The zero-order valence-corrected chi connectivity index (χ0v) is 27.7. The van der Waals surface area contributed by atoms with Crippen molar-refractivity contribution in [2.75, 3.05) is 12.5 Å². The minimum Gasteiger partial charge on any atom is -0.358 e. The van der Waals surface area contributed by atoms with E-state index in [1.807, 2.05) is 0 Å². The number of benzene rings is 1. The van der Waals surface area contributed by atoms with Crippen molar-refractivity contribution in [2.45, 2.75) is 141 Å². The van der Waals surface area contributed by atoms with Crippen LogP contribution in [0.4, 0.5) is 0 Å². The lowest BCUT2D eigenvalue weighted by Gasteiger charge is -2.49. The van der Waals surface area contributed by atoms with Gasteiger partial charge in [0.15, 0.2) is 0 Å². The van der Waals surface area contributed by atoms with Crippen LogP contribution in [0.25, 0.3) is 0 Å². The molecule has 3 nitrogen and oxygen atoms in total. The number of hydrogen-bond donors (Lipinski definition) is 0. The van der Waals surface area contributed by atoms with Gasteiger partial charge >= 0.3 is 0 Å². The summed E-state index contributed by atoms with van der Waals surface area (Å²) in [5.41, 5.74) is 9.85. The summed E-state index contributed by atoms with van der Waals surface area (Å²) in [6, 6.07) is 9.45. The van der Waals surface area contributed by atoms with Gasteiger partial charge in [0.05, 0.1) is 11.7 Å². The van der Waals surface area contributed by atoms with Crippen LogP contribution in [0.15, 0.2) is 24.3 Å². The van der Waals surface area contributed by atoms with E-state index in [-0.39, 0.29) is 28.0 Å². The van der Waals surface area contributed by atoms with Crippen molar-refractivity contribution in [1.82, 2.24) is 4.98 Å². The number of pyridine rings is 1. The van der Waals surface area contributed by atoms with Crippen molar-refractivity contribution >= 4 is 10.3 Å². The first-order valence-electron chi connectivity index (χ1n) is 15.8. The van der Waals surface area contributed by atoms with Crippen molar-refractivity contribution in [2.24, 2.45) is 5.41 Å². The Morgan fingerprint density at radius 2 is 1.57 bits per heavy atom. The molecule has 1 aromatic heterocycles. The molecule has 2 aromatic rings. The van der Waals surface area contributed by atoms with Crippen LogP contribution in [0, 0.1) is 5.41 Å². The first kappa shape index (κ1) is 28.7. The highest BCUT2D eigenvalue weighted by molar-refractivity contribution is 8.29. The fourth-order valence-corrected chi connectivity index (χ4v) is 8.47. The molecule has 1 aliphatic heterocycles. The summed E-state index contributed by atoms with van der Waals surface area (Å²) in [5, 5.41) is 0. The van der Waals surface area contributed by atoms with Crippen LogP contribution in [-0.2, 0) is 26.4 Å². The summed E-state index contributed by atoms with van der Waals surface area (Å²) >= 11 is 0. The second kappa shape index (κ2) is 9.32. The number of fused-ring (bicyclic) bond motifs is 4. The maximum Gasteiger partial charge on any atom is 0.111 e. The molecular formula is C36H53NO2S. The maximum absolute atomic E-state index is 7.37. The second-order valence-electron chi connectivity index (χ2n) is 16.2. The van der Waals surface area contributed by atoms with Crippen LogP contribution in [0.3, 0.4) is 0 Å². The first-order valence-corrected chi connectivity index (χ1v) is 18.2. The molecule has 0 radical (unpaired) electrons. The molecule has 1 spiro atoms. The normalized spacial score (nSPS) is 26.7. The summed E-state index contributed by atoms with van der Waals surface area (Å²) in [6.45, 7) is 18.9. The fourth-order valence-electron chi connectivity index (χ4n) is 7.44. The van der Waals surface area contributed by atoms with Crippen molar-refractivity contribution in [3.63, 3.8) is 0 Å². The van der Waals surface area contributed by atoms with Crippen molar-refractivity contribution in [3.05, 3.63) is 63.5 Å². The molecule has 2 fully saturated rings. The molecule has 220 valence electrons. The van der Waals surface area contributed by atoms with Gasteiger partial charge in [-0.3, -0.25) is 4.98 Å². The van der Waals surface area contributed by atoms with E-state index in [4.69, 9.17) is 13.9 Å². The van der Waals surface area contributed by atoms with Crippen LogP contribution in [-0.4, -0.2) is 22.2 Å². The smallest absolute Gasteiger partial charge is 0.111 e. The van der Waals surface area contributed by atoms with Gasteiger partial charge in [-0.1, -0.05) is 92.5 Å². The van der Waals surface area contributed by atoms with Crippen molar-refractivity contribution in [1.29, 1.82) is 0 Å². The van der Waals surface area contributed by atoms with Gasteiger partial charge in [-0.2, -0.15) is 0 Å². The summed E-state index contributed by atoms with van der Waals surface area (Å²) in [4.78, 5) is 5.57. The average molecular weight is 564 g/mol. The lowest BCUT2D eigenvalue weighted by molar-refractivity contribution is -0.0577. The predicted octanol–water partition coefficient (Wildman–Crippen LogP) is 9.95. The Morgan fingerprint density at radius 1 is 0.950 bits per heavy atom. The van der Waals surface area contributed by atoms with E-state index in [9.17, 15) is 0 Å². The van der Waals surface area contributed by atoms with Crippen LogP contribution >= 0.6 is 10.3 Å². The Kier molecular flexibility index (Phi) is 6.70. The standard InChI is InChI=1S/C36H53NO2S/c1-23(2)31-29-30(28-26(37-31)21-34(6,7)22-27(28)39-40(9,10)33(3,4)5)36(17-11-12-18-36)38-32(29)24-13-15-25(16-14-24)35(8)19-20-35/h13-16,23,27,32H,11-12,17-22H2,1-10H3. The minimum atomic E-state index is -1.32. The molecule has 0 bridgehead atoms. The fraction of sp³-hybridized carbons (Fsp3) is 0.694. The Labute approximate surface area is 245 Å². The van der Waals surface area contributed by atoms with Gasteiger partial charge in [-0.25, -0.2) is 0 Å². The number of hydrogen-bond acceptors (Lipinski definition) is 3. The van der Waals surface area contributed by atoms with E-state index in [1.54, 1.807) is 0 Å². The van der Waals surface area contributed by atoms with Gasteiger partial charge in [0, 0.05) is 27.3 Å². The molecule has 40 heavy (non-hydrogen) atoms. The third-order valence-electron chi connectivity index (χ3n) is 10.8. The molecule has 0 amide bonds. The zero-order chi connectivity index (χ0) is 28.9. The molecule has 3 aliphatic carbocycles. The Balaban J connectivity index is 1.56. The van der Waals surface area contributed by atoms with Gasteiger partial charge in [-0.05, 0) is 84.5 Å². The van der Waals surface area contributed by atoms with E-state index in [0.717, 1.165) is 25.7 Å². The summed E-state index contributed by atoms with van der Waals surface area (Å²) in [7, 11) is -1.32. The third kappa shape index (κ3) is 4.69. The number of rotatable bonds is 5. The molecule has 0 N–H and O–H groups in total. The Morgan fingerprint density at radius 3 is 2.12 bits per heavy atom. The molecule has 4 heteroatoms. The molecule has 6 rings (SSSR count). The molecule has 2 heterocycles. The van der Waals surface area contributed by atoms with E-state index < -0.39 is 10.3 Å². The number of nitrogens with zero attached hydrogens (tertiary/aromatic N) is 1. The SMILES string of the molecule is CC(C)c1nc2c(c3c1C(c1ccc(C4(C)CC4)cc1)OC31CCCC1)C(OS(C)(C)C(C)(C)C)CC(C)(C)C2. The van der Waals surface area contributed by atoms with Gasteiger partial charge < -0.3 is 8.92 Å². The molecule has 0 saturated heterocycles. The lowest BCUT2D eigenvalue weighted by atomic mass is 9.70. The monoisotopic (exact) mass is 563 g/mol. The van der Waals surface area contributed by atoms with Crippen LogP contribution in [0.1, 0.15) is 158 Å². The number of ether oxygens (including phenoxy) is 1. The molecule has 2 atom stereocenters. The van der Waals surface area contributed by atoms with E-state index >= 15 is 0 Å². The van der Waals surface area contributed by atoms with E-state index in [1.165, 1.54) is 64.9 Å². The lowest BCUT2D eigenvalue weighted by Crippen LogP contribution is -2.35. The minimum absolute atomic E-state index is 0.0529. The van der Waals surface area contributed by atoms with Crippen LogP contribution in [0.2, 0.25) is 0 Å². The topological polar surface area (TPSA) is 31.4 Å². The highest BCUT2D eigenvalue weighted by Gasteiger charge is 2.53. The second-order valence-corrected chi connectivity index (χ2v) is 20.0. The van der Waals surface area contributed by atoms with Crippen LogP contribution < -0.4 is 0 Å². The Bertz CT molecular complexity index is 1290. The summed E-state index contributed by atoms with van der Waals surface area (Å²) in [6.07, 6.45) is 14.0.